The van der Waals surface area contributed by atoms with Gasteiger partial charge >= 0.3 is 0 Å². The smallest absolute Gasteiger partial charge is 0.116 e. The van der Waals surface area contributed by atoms with Gasteiger partial charge in [0, 0.05) is 19.1 Å². The fraction of sp³-hybridized carbons (Fsp3) is 0.200. The molecule has 0 aliphatic carbocycles. The zero-order valence-corrected chi connectivity index (χ0v) is 9.03. The van der Waals surface area contributed by atoms with Crippen LogP contribution in [0.1, 0.15) is 5.69 Å². The molecule has 0 aliphatic heterocycles. The summed E-state index contributed by atoms with van der Waals surface area (Å²) in [6, 6.07) is 1.72. The molecule has 1 heterocycles. The summed E-state index contributed by atoms with van der Waals surface area (Å²) < 4.78 is 0. The monoisotopic (exact) mass is 224 g/mol. The number of alkyl halides is 1. The van der Waals surface area contributed by atoms with E-state index < -0.39 is 0 Å². The maximum atomic E-state index is 11.2. The number of aromatic nitrogens is 2. The Bertz CT molecular complexity index is 362. The molecule has 0 atom stereocenters. The quantitative estimate of drug-likeness (QED) is 0.460. The molecule has 1 aromatic heterocycles. The minimum atomic E-state index is -0.190. The Morgan fingerprint density at radius 2 is 2.47 bits per heavy atom. The Morgan fingerprint density at radius 3 is 3.00 bits per heavy atom. The second kappa shape index (κ2) is 6.03. The highest BCUT2D eigenvalue weighted by Crippen LogP contribution is 2.12. The Balaban J connectivity index is 3.00. The zero-order chi connectivity index (χ0) is 11.1. The minimum absolute atomic E-state index is 0.190. The van der Waals surface area contributed by atoms with Gasteiger partial charge in [0.2, 0.25) is 0 Å². The van der Waals surface area contributed by atoms with Gasteiger partial charge in [-0.1, -0.05) is 6.08 Å². The number of halogens is 1. The van der Waals surface area contributed by atoms with E-state index in [-0.39, 0.29) is 5.88 Å². The molecule has 1 N–H and O–H groups in total. The van der Waals surface area contributed by atoms with Gasteiger partial charge in [0.05, 0.1) is 5.69 Å². The first-order valence-electron chi connectivity index (χ1n) is 4.37. The number of allylic oxidation sites excluding steroid dienone is 3. The van der Waals surface area contributed by atoms with Crippen molar-refractivity contribution in [1.82, 2.24) is 15.3 Å². The first-order valence-corrected chi connectivity index (χ1v) is 4.90. The summed E-state index contributed by atoms with van der Waals surface area (Å²) in [5.74, 6) is 0.136. The molecule has 5 heteroatoms. The van der Waals surface area contributed by atoms with Crippen molar-refractivity contribution in [2.24, 2.45) is 0 Å². The van der Waals surface area contributed by atoms with Crippen molar-refractivity contribution < 1.29 is 5.11 Å². The van der Waals surface area contributed by atoms with Gasteiger partial charge in [-0.05, 0) is 23.6 Å². The standard InChI is InChI=1S/C10H12ClN3O/c1-12-10(15)6-8(2-4-11)9-3-5-13-7-14-9/h2-3,5-7,12,15H,4H2,1H3/p-1. The van der Waals surface area contributed by atoms with Crippen molar-refractivity contribution in [3.63, 3.8) is 0 Å². The van der Waals surface area contributed by atoms with Crippen LogP contribution < -0.4 is 10.4 Å². The Kier molecular flexibility index (Phi) is 4.63. The molecule has 4 nitrogen and oxygen atoms in total. The molecule has 0 saturated carbocycles. The molecule has 0 bridgehead atoms. The third kappa shape index (κ3) is 3.59. The van der Waals surface area contributed by atoms with Crippen LogP contribution in [-0.2, 0) is 0 Å². The predicted molar refractivity (Wildman–Crippen MR) is 57.9 cm³/mol. The maximum Gasteiger partial charge on any atom is 0.116 e. The largest absolute Gasteiger partial charge is 0.860 e. The third-order valence-corrected chi connectivity index (χ3v) is 1.86. The Morgan fingerprint density at radius 1 is 1.67 bits per heavy atom. The molecule has 0 saturated heterocycles. The van der Waals surface area contributed by atoms with Crippen molar-refractivity contribution in [3.8, 4) is 0 Å². The molecule has 0 fully saturated rings. The van der Waals surface area contributed by atoms with Crippen LogP contribution in [-0.4, -0.2) is 22.9 Å². The summed E-state index contributed by atoms with van der Waals surface area (Å²) in [6.07, 6.45) is 6.21. The molecule has 1 aromatic rings. The van der Waals surface area contributed by atoms with Crippen molar-refractivity contribution in [1.29, 1.82) is 0 Å². The summed E-state index contributed by atoms with van der Waals surface area (Å²) in [6.45, 7) is 0. The fourth-order valence-corrected chi connectivity index (χ4v) is 1.16. The summed E-state index contributed by atoms with van der Waals surface area (Å²) in [5.41, 5.74) is 1.36. The second-order valence-electron chi connectivity index (χ2n) is 2.67. The van der Waals surface area contributed by atoms with E-state index in [9.17, 15) is 5.11 Å². The number of hydrogen-bond acceptors (Lipinski definition) is 4. The summed E-state index contributed by atoms with van der Waals surface area (Å²) >= 11 is 5.60. The topological polar surface area (TPSA) is 60.9 Å². The van der Waals surface area contributed by atoms with Crippen LogP contribution in [0.15, 0.2) is 36.6 Å². The van der Waals surface area contributed by atoms with E-state index in [1.54, 1.807) is 25.4 Å². The second-order valence-corrected chi connectivity index (χ2v) is 2.98. The van der Waals surface area contributed by atoms with E-state index >= 15 is 0 Å². The highest BCUT2D eigenvalue weighted by atomic mass is 35.5. The average molecular weight is 225 g/mol. The predicted octanol–water partition coefficient (Wildman–Crippen LogP) is 0.520. The highest BCUT2D eigenvalue weighted by Gasteiger charge is 1.97. The Labute approximate surface area is 93.3 Å². The van der Waals surface area contributed by atoms with Crippen LogP contribution in [0.2, 0.25) is 0 Å². The number of nitrogens with one attached hydrogen (secondary N) is 1. The fourth-order valence-electron chi connectivity index (χ4n) is 0.995. The van der Waals surface area contributed by atoms with Crippen molar-refractivity contribution in [3.05, 3.63) is 42.3 Å². The van der Waals surface area contributed by atoms with Gasteiger partial charge in [-0.25, -0.2) is 9.97 Å². The molecule has 0 aliphatic rings. The lowest BCUT2D eigenvalue weighted by Gasteiger charge is -2.11. The van der Waals surface area contributed by atoms with Gasteiger partial charge in [0.1, 0.15) is 6.33 Å². The van der Waals surface area contributed by atoms with Crippen LogP contribution >= 0.6 is 11.6 Å². The van der Waals surface area contributed by atoms with E-state index in [0.717, 1.165) is 0 Å². The highest BCUT2D eigenvalue weighted by molar-refractivity contribution is 6.19. The van der Waals surface area contributed by atoms with Gasteiger partial charge in [0.15, 0.2) is 0 Å². The van der Waals surface area contributed by atoms with Gasteiger partial charge in [-0.15, -0.1) is 11.6 Å². The molecule has 0 amide bonds. The molecular formula is C10H11ClN3O-. The Hall–Kier alpha value is -1.55. The lowest BCUT2D eigenvalue weighted by atomic mass is 10.1. The number of nitrogens with zero attached hydrogens (tertiary/aromatic N) is 2. The minimum Gasteiger partial charge on any atom is -0.860 e. The average Bonchev–Trinajstić information content (AvgIpc) is 2.29. The lowest BCUT2D eigenvalue weighted by molar-refractivity contribution is -0.310. The van der Waals surface area contributed by atoms with Crippen LogP contribution in [0.4, 0.5) is 0 Å². The van der Waals surface area contributed by atoms with Crippen molar-refractivity contribution >= 4 is 17.2 Å². The van der Waals surface area contributed by atoms with Crippen LogP contribution in [0.25, 0.3) is 5.57 Å². The first kappa shape index (κ1) is 11.5. The molecule has 15 heavy (non-hydrogen) atoms. The zero-order valence-electron chi connectivity index (χ0n) is 8.27. The normalized spacial score (nSPS) is 12.7. The molecule has 0 spiro atoms. The van der Waals surface area contributed by atoms with E-state index in [2.05, 4.69) is 15.3 Å². The number of hydrogen-bond donors (Lipinski definition) is 1. The summed E-state index contributed by atoms with van der Waals surface area (Å²) in [4.78, 5) is 7.84. The molecule has 1 rings (SSSR count). The molecule has 0 radical (unpaired) electrons. The summed E-state index contributed by atoms with van der Waals surface area (Å²) in [7, 11) is 1.57. The molecule has 80 valence electrons. The van der Waals surface area contributed by atoms with Gasteiger partial charge in [-0.3, -0.25) is 0 Å². The first-order chi connectivity index (χ1) is 7.27. The molecule has 0 unspecified atom stereocenters. The van der Waals surface area contributed by atoms with E-state index in [1.807, 2.05) is 0 Å². The SMILES string of the molecule is CNC([O-])=CC(=CCCl)c1ccncn1. The van der Waals surface area contributed by atoms with Gasteiger partial charge < -0.3 is 10.4 Å². The van der Waals surface area contributed by atoms with E-state index in [0.29, 0.717) is 17.1 Å². The van der Waals surface area contributed by atoms with E-state index in [4.69, 9.17) is 11.6 Å². The lowest BCUT2D eigenvalue weighted by Crippen LogP contribution is -2.18. The van der Waals surface area contributed by atoms with E-state index in [1.165, 1.54) is 12.4 Å². The summed E-state index contributed by atoms with van der Waals surface area (Å²) in [5, 5.41) is 13.7. The third-order valence-electron chi connectivity index (χ3n) is 1.71. The molecular weight excluding hydrogens is 214 g/mol. The van der Waals surface area contributed by atoms with Gasteiger partial charge in [-0.2, -0.15) is 0 Å². The number of rotatable bonds is 4. The van der Waals surface area contributed by atoms with Crippen LogP contribution in [0, 0.1) is 0 Å². The van der Waals surface area contributed by atoms with Crippen molar-refractivity contribution in [2.45, 2.75) is 0 Å². The van der Waals surface area contributed by atoms with Crippen molar-refractivity contribution in [2.75, 3.05) is 12.9 Å². The maximum absolute atomic E-state index is 11.2. The van der Waals surface area contributed by atoms with Crippen LogP contribution in [0.3, 0.4) is 0 Å². The molecule has 0 aromatic carbocycles. The van der Waals surface area contributed by atoms with Gasteiger partial charge in [0.25, 0.3) is 0 Å². The van der Waals surface area contributed by atoms with Crippen LogP contribution in [0.5, 0.6) is 0 Å².